The van der Waals surface area contributed by atoms with Crippen molar-refractivity contribution in [3.05, 3.63) is 0 Å². The van der Waals surface area contributed by atoms with Crippen LogP contribution in [-0.4, -0.2) is 78.3 Å². The summed E-state index contributed by atoms with van der Waals surface area (Å²) in [7, 11) is 1.35. The molecule has 1 aliphatic rings. The molecule has 114 valence electrons. The minimum atomic E-state index is -0.954. The zero-order valence-corrected chi connectivity index (χ0v) is 10.8. The predicted molar refractivity (Wildman–Crippen MR) is 61.2 cm³/mol. The number of aliphatic hydroxyl groups excluding tert-OH is 4. The molecule has 0 aromatic carbocycles. The van der Waals surface area contributed by atoms with Gasteiger partial charge < -0.3 is 34.6 Å². The van der Waals surface area contributed by atoms with Crippen molar-refractivity contribution in [2.45, 2.75) is 19.1 Å². The lowest BCUT2D eigenvalue weighted by Gasteiger charge is -1.96. The van der Waals surface area contributed by atoms with E-state index in [0.717, 1.165) is 0 Å². The molecule has 9 heteroatoms. The first-order valence-corrected chi connectivity index (χ1v) is 5.29. The average molecular weight is 284 g/mol. The Labute approximate surface area is 110 Å². The van der Waals surface area contributed by atoms with Crippen LogP contribution >= 0.6 is 0 Å². The van der Waals surface area contributed by atoms with Gasteiger partial charge in [0.2, 0.25) is 0 Å². The molecule has 0 aromatic rings. The highest BCUT2D eigenvalue weighted by Crippen LogP contribution is 2.03. The van der Waals surface area contributed by atoms with E-state index in [9.17, 15) is 9.59 Å². The summed E-state index contributed by atoms with van der Waals surface area (Å²) in [5.41, 5.74) is 0. The Morgan fingerprint density at radius 3 is 2.00 bits per heavy atom. The van der Waals surface area contributed by atoms with Crippen molar-refractivity contribution in [3.8, 4) is 0 Å². The summed E-state index contributed by atoms with van der Waals surface area (Å²) in [4.78, 5) is 19.6. The van der Waals surface area contributed by atoms with Gasteiger partial charge in [0.15, 0.2) is 6.10 Å². The van der Waals surface area contributed by atoms with Gasteiger partial charge in [-0.15, -0.1) is 0 Å². The molecule has 0 bridgehead atoms. The molecule has 0 saturated carbocycles. The number of carbonyl (C=O) groups excluding carboxylic acids is 2. The lowest BCUT2D eigenvalue weighted by atomic mass is 10.4. The number of esters is 1. The zero-order valence-electron chi connectivity index (χ0n) is 10.8. The Balaban J connectivity index is 0. The van der Waals surface area contributed by atoms with E-state index in [0.29, 0.717) is 0 Å². The maximum absolute atomic E-state index is 10.1. The maximum atomic E-state index is 10.1. The van der Waals surface area contributed by atoms with E-state index in [-0.39, 0.29) is 32.4 Å². The Morgan fingerprint density at radius 2 is 1.89 bits per heavy atom. The average Bonchev–Trinajstić information content (AvgIpc) is 2.85. The Hall–Kier alpha value is -1.42. The fourth-order valence-electron chi connectivity index (χ4n) is 0.513. The molecular weight excluding hydrogens is 264 g/mol. The summed E-state index contributed by atoms with van der Waals surface area (Å²) < 4.78 is 12.8. The molecule has 4 N–H and O–H groups in total. The second-order valence-corrected chi connectivity index (χ2v) is 3.20. The molecule has 0 amide bonds. The second-order valence-electron chi connectivity index (χ2n) is 3.20. The van der Waals surface area contributed by atoms with E-state index in [1.807, 2.05) is 0 Å². The van der Waals surface area contributed by atoms with Crippen molar-refractivity contribution < 1.29 is 44.2 Å². The van der Waals surface area contributed by atoms with Crippen molar-refractivity contribution in [2.75, 3.05) is 33.5 Å². The number of hydrogen-bond donors (Lipinski definition) is 4. The molecule has 19 heavy (non-hydrogen) atoms. The number of carbonyl (C=O) groups is 2. The van der Waals surface area contributed by atoms with Crippen molar-refractivity contribution in [2.24, 2.45) is 0 Å². The quantitative estimate of drug-likeness (QED) is 0.434. The predicted octanol–water partition coefficient (Wildman–Crippen LogP) is -1.97. The first-order chi connectivity index (χ1) is 8.90. The van der Waals surface area contributed by atoms with Crippen molar-refractivity contribution in [3.63, 3.8) is 0 Å². The zero-order chi connectivity index (χ0) is 15.3. The number of hydrogen-bond acceptors (Lipinski definition) is 9. The van der Waals surface area contributed by atoms with E-state index in [2.05, 4.69) is 14.2 Å². The van der Waals surface area contributed by atoms with Gasteiger partial charge in [0.1, 0.15) is 12.7 Å². The molecule has 1 fully saturated rings. The number of methoxy groups -OCH3 is 1. The molecular formula is C10H20O9. The Morgan fingerprint density at radius 1 is 1.42 bits per heavy atom. The van der Waals surface area contributed by atoms with Crippen LogP contribution in [0.2, 0.25) is 0 Å². The van der Waals surface area contributed by atoms with E-state index in [4.69, 9.17) is 20.4 Å². The summed E-state index contributed by atoms with van der Waals surface area (Å²) in [6, 6.07) is 0. The van der Waals surface area contributed by atoms with Crippen LogP contribution in [0.4, 0.5) is 4.79 Å². The minimum Gasteiger partial charge on any atom is -0.469 e. The van der Waals surface area contributed by atoms with Gasteiger partial charge in [-0.1, -0.05) is 0 Å². The largest absolute Gasteiger partial charge is 0.508 e. The summed E-state index contributed by atoms with van der Waals surface area (Å²) >= 11 is 0. The normalized spacial score (nSPS) is 16.4. The lowest BCUT2D eigenvalue weighted by molar-refractivity contribution is -0.137. The fourth-order valence-corrected chi connectivity index (χ4v) is 0.513. The van der Waals surface area contributed by atoms with Gasteiger partial charge in [-0.3, -0.25) is 4.79 Å². The van der Waals surface area contributed by atoms with Crippen LogP contribution in [-0.2, 0) is 19.0 Å². The van der Waals surface area contributed by atoms with E-state index < -0.39 is 18.4 Å². The van der Waals surface area contributed by atoms with Gasteiger partial charge in [-0.05, 0) is 0 Å². The molecule has 1 atom stereocenters. The number of ether oxygens (including phenoxy) is 3. The molecule has 0 aliphatic carbocycles. The van der Waals surface area contributed by atoms with Gasteiger partial charge >= 0.3 is 12.1 Å². The highest BCUT2D eigenvalue weighted by Gasteiger charge is 2.23. The smallest absolute Gasteiger partial charge is 0.469 e. The standard InChI is InChI=1S/C4H6O4.C3H8O3.C3H6O2/c5-1-3-2-7-4(6)8-3;4-1-3(6)2-5;1-3(4)5-2/h3,5H,1-2H2;3-6H,1-2H2;1-2H3. The third-order valence-corrected chi connectivity index (χ3v) is 1.56. The summed E-state index contributed by atoms with van der Waals surface area (Å²) in [5.74, 6) is -0.245. The first kappa shape index (κ1) is 19.9. The second kappa shape index (κ2) is 13.0. The molecule has 0 spiro atoms. The molecule has 0 aromatic heterocycles. The summed E-state index contributed by atoms with van der Waals surface area (Å²) in [6.45, 7) is 0.647. The highest BCUT2D eigenvalue weighted by molar-refractivity contribution is 5.65. The Bertz CT molecular complexity index is 239. The van der Waals surface area contributed by atoms with Crippen LogP contribution in [0.3, 0.4) is 0 Å². The molecule has 9 nitrogen and oxygen atoms in total. The number of aliphatic hydroxyl groups is 4. The molecule has 1 unspecified atom stereocenters. The first-order valence-electron chi connectivity index (χ1n) is 5.29. The summed E-state index contributed by atoms with van der Waals surface area (Å²) in [5, 5.41) is 32.3. The molecule has 1 aliphatic heterocycles. The monoisotopic (exact) mass is 284 g/mol. The van der Waals surface area contributed by atoms with Crippen molar-refractivity contribution in [1.82, 2.24) is 0 Å². The van der Waals surface area contributed by atoms with Gasteiger partial charge in [0, 0.05) is 6.92 Å². The third-order valence-electron chi connectivity index (χ3n) is 1.56. The minimum absolute atomic E-state index is 0.161. The van der Waals surface area contributed by atoms with Crippen LogP contribution in [0.1, 0.15) is 6.92 Å². The van der Waals surface area contributed by atoms with E-state index in [1.54, 1.807) is 0 Å². The lowest BCUT2D eigenvalue weighted by Crippen LogP contribution is -2.15. The van der Waals surface area contributed by atoms with Gasteiger partial charge in [-0.2, -0.15) is 0 Å². The van der Waals surface area contributed by atoms with Gasteiger partial charge in [0.25, 0.3) is 0 Å². The van der Waals surface area contributed by atoms with Crippen molar-refractivity contribution >= 4 is 12.1 Å². The SMILES string of the molecule is COC(C)=O.O=C1OCC(CO)O1.OCC(O)CO. The number of cyclic esters (lactones) is 2. The van der Waals surface area contributed by atoms with Gasteiger partial charge in [0.05, 0.1) is 26.9 Å². The molecule has 1 saturated heterocycles. The Kier molecular flexibility index (Phi) is 13.6. The third kappa shape index (κ3) is 14.5. The molecule has 1 rings (SSSR count). The van der Waals surface area contributed by atoms with Crippen LogP contribution in [0.5, 0.6) is 0 Å². The van der Waals surface area contributed by atoms with Crippen molar-refractivity contribution in [1.29, 1.82) is 0 Å². The van der Waals surface area contributed by atoms with Crippen LogP contribution < -0.4 is 0 Å². The fraction of sp³-hybridized carbons (Fsp3) is 0.800. The topological polar surface area (TPSA) is 143 Å². The van der Waals surface area contributed by atoms with Crippen LogP contribution in [0.15, 0.2) is 0 Å². The van der Waals surface area contributed by atoms with E-state index in [1.165, 1.54) is 14.0 Å². The maximum Gasteiger partial charge on any atom is 0.508 e. The van der Waals surface area contributed by atoms with Crippen LogP contribution in [0, 0.1) is 0 Å². The molecule has 1 heterocycles. The molecule has 0 radical (unpaired) electrons. The van der Waals surface area contributed by atoms with Gasteiger partial charge in [-0.25, -0.2) is 4.79 Å². The highest BCUT2D eigenvalue weighted by atomic mass is 16.8. The van der Waals surface area contributed by atoms with E-state index >= 15 is 0 Å². The van der Waals surface area contributed by atoms with Crippen LogP contribution in [0.25, 0.3) is 0 Å². The number of rotatable bonds is 3. The summed E-state index contributed by atoms with van der Waals surface area (Å²) in [6.07, 6.45) is -2.09.